The van der Waals surface area contributed by atoms with Gasteiger partial charge in [0.05, 0.1) is 18.3 Å². The van der Waals surface area contributed by atoms with Crippen LogP contribution in [0, 0.1) is 13.8 Å². The van der Waals surface area contributed by atoms with E-state index in [1.807, 2.05) is 50.2 Å². The summed E-state index contributed by atoms with van der Waals surface area (Å²) in [6.45, 7) is 3.93. The predicted molar refractivity (Wildman–Crippen MR) is 129 cm³/mol. The van der Waals surface area contributed by atoms with E-state index in [1.165, 1.54) is 6.21 Å². The van der Waals surface area contributed by atoms with Crippen LogP contribution in [0.15, 0.2) is 65.8 Å². The number of carbonyl (C=O) groups is 2. The number of hydrogen-bond donors (Lipinski definition) is 2. The lowest BCUT2D eigenvalue weighted by molar-refractivity contribution is -0.136. The molecule has 7 nitrogen and oxygen atoms in total. The summed E-state index contributed by atoms with van der Waals surface area (Å²) >= 11 is 6.14. The first-order chi connectivity index (χ1) is 15.9. The van der Waals surface area contributed by atoms with Crippen LogP contribution in [-0.4, -0.2) is 25.1 Å². The Balaban J connectivity index is 1.63. The fourth-order valence-corrected chi connectivity index (χ4v) is 3.30. The van der Waals surface area contributed by atoms with Gasteiger partial charge in [0.15, 0.2) is 0 Å². The summed E-state index contributed by atoms with van der Waals surface area (Å²) in [5.41, 5.74) is 6.03. The van der Waals surface area contributed by atoms with E-state index in [0.717, 1.165) is 16.7 Å². The van der Waals surface area contributed by atoms with Crippen molar-refractivity contribution in [1.29, 1.82) is 0 Å². The molecule has 0 saturated heterocycles. The third-order valence-electron chi connectivity index (χ3n) is 4.83. The first kappa shape index (κ1) is 23.8. The molecule has 33 heavy (non-hydrogen) atoms. The number of amides is 2. The van der Waals surface area contributed by atoms with Crippen LogP contribution in [0.25, 0.3) is 0 Å². The summed E-state index contributed by atoms with van der Waals surface area (Å²) < 4.78 is 11.2. The van der Waals surface area contributed by atoms with Gasteiger partial charge >= 0.3 is 11.8 Å². The number of benzene rings is 3. The Morgan fingerprint density at radius 2 is 1.70 bits per heavy atom. The van der Waals surface area contributed by atoms with Crippen molar-refractivity contribution in [2.45, 2.75) is 20.5 Å². The van der Waals surface area contributed by atoms with Crippen molar-refractivity contribution in [3.8, 4) is 11.5 Å². The van der Waals surface area contributed by atoms with Crippen LogP contribution in [0.5, 0.6) is 11.5 Å². The maximum Gasteiger partial charge on any atom is 0.329 e. The van der Waals surface area contributed by atoms with Gasteiger partial charge in [0.1, 0.15) is 18.1 Å². The highest BCUT2D eigenvalue weighted by molar-refractivity contribution is 6.39. The number of carbonyl (C=O) groups excluding carboxylic acids is 2. The minimum Gasteiger partial charge on any atom is -0.496 e. The molecule has 0 aliphatic carbocycles. The molecule has 8 heteroatoms. The molecule has 2 amide bonds. The summed E-state index contributed by atoms with van der Waals surface area (Å²) in [4.78, 5) is 24.3. The van der Waals surface area contributed by atoms with Crippen LogP contribution >= 0.6 is 11.6 Å². The molecule has 0 aromatic heterocycles. The smallest absolute Gasteiger partial charge is 0.329 e. The van der Waals surface area contributed by atoms with E-state index in [2.05, 4.69) is 15.8 Å². The molecule has 0 atom stereocenters. The Morgan fingerprint density at radius 1 is 0.970 bits per heavy atom. The Kier molecular flexibility index (Phi) is 8.05. The third-order valence-corrected chi connectivity index (χ3v) is 5.14. The highest BCUT2D eigenvalue weighted by Gasteiger charge is 2.15. The van der Waals surface area contributed by atoms with Crippen molar-refractivity contribution < 1.29 is 19.1 Å². The van der Waals surface area contributed by atoms with Gasteiger partial charge < -0.3 is 14.8 Å². The Morgan fingerprint density at radius 3 is 2.39 bits per heavy atom. The zero-order chi connectivity index (χ0) is 23.8. The zero-order valence-electron chi connectivity index (χ0n) is 18.5. The minimum absolute atomic E-state index is 0.221. The molecular weight excluding hydrogens is 442 g/mol. The first-order valence-corrected chi connectivity index (χ1v) is 10.5. The number of methoxy groups -OCH3 is 1. The number of anilines is 1. The Labute approximate surface area is 197 Å². The zero-order valence-corrected chi connectivity index (χ0v) is 19.3. The fourth-order valence-electron chi connectivity index (χ4n) is 3.11. The highest BCUT2D eigenvalue weighted by Crippen LogP contribution is 2.26. The van der Waals surface area contributed by atoms with Gasteiger partial charge in [-0.1, -0.05) is 41.9 Å². The average Bonchev–Trinajstić information content (AvgIpc) is 2.81. The number of aryl methyl sites for hydroxylation is 2. The molecule has 0 heterocycles. The van der Waals surface area contributed by atoms with Gasteiger partial charge in [-0.3, -0.25) is 9.59 Å². The lowest BCUT2D eigenvalue weighted by Gasteiger charge is -2.12. The van der Waals surface area contributed by atoms with E-state index in [4.69, 9.17) is 21.1 Å². The molecule has 0 bridgehead atoms. The van der Waals surface area contributed by atoms with Crippen LogP contribution < -0.4 is 20.2 Å². The molecule has 0 spiro atoms. The number of hydrazone groups is 1. The maximum atomic E-state index is 12.2. The molecule has 2 N–H and O–H groups in total. The lowest BCUT2D eigenvalue weighted by atomic mass is 10.1. The van der Waals surface area contributed by atoms with E-state index in [9.17, 15) is 9.59 Å². The van der Waals surface area contributed by atoms with E-state index < -0.39 is 11.8 Å². The van der Waals surface area contributed by atoms with Gasteiger partial charge in [0.25, 0.3) is 0 Å². The topological polar surface area (TPSA) is 89.0 Å². The van der Waals surface area contributed by atoms with Gasteiger partial charge in [0.2, 0.25) is 0 Å². The molecule has 170 valence electrons. The van der Waals surface area contributed by atoms with Crippen molar-refractivity contribution in [2.24, 2.45) is 5.10 Å². The molecular formula is C25H24ClN3O4. The second kappa shape index (κ2) is 11.2. The summed E-state index contributed by atoms with van der Waals surface area (Å²) in [5.74, 6) is -0.475. The number of rotatable bonds is 7. The van der Waals surface area contributed by atoms with Gasteiger partial charge in [-0.05, 0) is 60.9 Å². The monoisotopic (exact) mass is 465 g/mol. The number of halogens is 1. The van der Waals surface area contributed by atoms with Crippen LogP contribution in [-0.2, 0) is 16.2 Å². The van der Waals surface area contributed by atoms with Gasteiger partial charge in [-0.2, -0.15) is 5.10 Å². The predicted octanol–water partition coefficient (Wildman–Crippen LogP) is 4.63. The Bertz CT molecular complexity index is 1170. The minimum atomic E-state index is -0.871. The second-order valence-electron chi connectivity index (χ2n) is 7.21. The van der Waals surface area contributed by atoms with Gasteiger partial charge in [-0.15, -0.1) is 0 Å². The van der Waals surface area contributed by atoms with Crippen molar-refractivity contribution in [1.82, 2.24) is 5.43 Å². The molecule has 3 rings (SSSR count). The molecule has 0 saturated carbocycles. The Hall–Kier alpha value is -3.84. The number of nitrogens with one attached hydrogen (secondary N) is 2. The quantitative estimate of drug-likeness (QED) is 0.302. The van der Waals surface area contributed by atoms with E-state index in [1.54, 1.807) is 31.4 Å². The van der Waals surface area contributed by atoms with Gasteiger partial charge in [0, 0.05) is 11.3 Å². The summed E-state index contributed by atoms with van der Waals surface area (Å²) in [6.07, 6.45) is 1.43. The fraction of sp³-hybridized carbons (Fsp3) is 0.160. The molecule has 0 fully saturated rings. The molecule has 0 radical (unpaired) electrons. The SMILES string of the molecule is COc1ccc(C=NNC(=O)C(=O)Nc2c(C)cccc2C)cc1COc1ccccc1Cl. The lowest BCUT2D eigenvalue weighted by Crippen LogP contribution is -2.32. The average molecular weight is 466 g/mol. The summed E-state index contributed by atoms with van der Waals surface area (Å²) in [7, 11) is 1.57. The molecule has 0 unspecified atom stereocenters. The normalized spacial score (nSPS) is 10.7. The maximum absolute atomic E-state index is 12.2. The highest BCUT2D eigenvalue weighted by atomic mass is 35.5. The van der Waals surface area contributed by atoms with E-state index in [-0.39, 0.29) is 6.61 Å². The van der Waals surface area contributed by atoms with Crippen LogP contribution in [0.2, 0.25) is 5.02 Å². The summed E-state index contributed by atoms with van der Waals surface area (Å²) in [5, 5.41) is 7.02. The van der Waals surface area contributed by atoms with Crippen molar-refractivity contribution >= 4 is 35.3 Å². The van der Waals surface area contributed by atoms with E-state index >= 15 is 0 Å². The van der Waals surface area contributed by atoms with Crippen LogP contribution in [0.3, 0.4) is 0 Å². The molecule has 3 aromatic rings. The van der Waals surface area contributed by atoms with Crippen molar-refractivity contribution in [3.63, 3.8) is 0 Å². The number of hydrogen-bond acceptors (Lipinski definition) is 5. The van der Waals surface area contributed by atoms with Gasteiger partial charge in [-0.25, -0.2) is 5.43 Å². The van der Waals surface area contributed by atoms with Crippen LogP contribution in [0.4, 0.5) is 5.69 Å². The standard InChI is InChI=1S/C25H24ClN3O4/c1-16-7-6-8-17(2)23(16)28-24(30)25(31)29-27-14-18-11-12-21(32-3)19(13-18)15-33-22-10-5-4-9-20(22)26/h4-14H,15H2,1-3H3,(H,28,30)(H,29,31). The first-order valence-electron chi connectivity index (χ1n) is 10.1. The molecule has 0 aliphatic heterocycles. The third kappa shape index (κ3) is 6.33. The second-order valence-corrected chi connectivity index (χ2v) is 7.62. The number of para-hydroxylation sites is 2. The largest absolute Gasteiger partial charge is 0.496 e. The van der Waals surface area contributed by atoms with E-state index in [0.29, 0.717) is 27.8 Å². The number of ether oxygens (including phenoxy) is 2. The van der Waals surface area contributed by atoms with Crippen molar-refractivity contribution in [2.75, 3.05) is 12.4 Å². The summed E-state index contributed by atoms with van der Waals surface area (Å²) in [6, 6.07) is 18.1. The molecule has 0 aliphatic rings. The van der Waals surface area contributed by atoms with Crippen LogP contribution in [0.1, 0.15) is 22.3 Å². The van der Waals surface area contributed by atoms with Crippen molar-refractivity contribution in [3.05, 3.63) is 87.9 Å². The molecule has 3 aromatic carbocycles. The number of nitrogens with zero attached hydrogens (tertiary/aromatic N) is 1.